The number of hydrogen-bond acceptors (Lipinski definition) is 5. The van der Waals surface area contributed by atoms with Gasteiger partial charge in [0.2, 0.25) is 0 Å². The van der Waals surface area contributed by atoms with Crippen molar-refractivity contribution in [2.75, 3.05) is 0 Å². The van der Waals surface area contributed by atoms with Crippen molar-refractivity contribution in [3.05, 3.63) is 83.5 Å². The maximum Gasteiger partial charge on any atom is 0.342 e. The van der Waals surface area contributed by atoms with Crippen molar-refractivity contribution in [1.82, 2.24) is 0 Å². The lowest BCUT2D eigenvalue weighted by atomic mass is 9.97. The van der Waals surface area contributed by atoms with Gasteiger partial charge in [0, 0.05) is 12.5 Å². The van der Waals surface area contributed by atoms with Crippen molar-refractivity contribution in [3.63, 3.8) is 0 Å². The first-order valence-corrected chi connectivity index (χ1v) is 9.82. The summed E-state index contributed by atoms with van der Waals surface area (Å²) in [6.45, 7) is 4.03. The van der Waals surface area contributed by atoms with Crippen molar-refractivity contribution >= 4 is 5.97 Å². The van der Waals surface area contributed by atoms with Crippen molar-refractivity contribution in [2.45, 2.75) is 44.0 Å². The van der Waals surface area contributed by atoms with E-state index in [0.717, 1.165) is 30.0 Å². The monoisotopic (exact) mass is 392 g/mol. The fourth-order valence-corrected chi connectivity index (χ4v) is 3.82. The number of aromatic hydroxyl groups is 2. The highest BCUT2D eigenvalue weighted by atomic mass is 16.6. The lowest BCUT2D eigenvalue weighted by molar-refractivity contribution is 0.0255. The van der Waals surface area contributed by atoms with Gasteiger partial charge in [-0.1, -0.05) is 54.6 Å². The Morgan fingerprint density at radius 3 is 2.66 bits per heavy atom. The van der Waals surface area contributed by atoms with E-state index in [9.17, 15) is 15.0 Å². The van der Waals surface area contributed by atoms with Crippen molar-refractivity contribution < 1.29 is 24.5 Å². The molecule has 29 heavy (non-hydrogen) atoms. The Labute approximate surface area is 169 Å². The summed E-state index contributed by atoms with van der Waals surface area (Å²) in [4.78, 5) is 13.1. The zero-order valence-electron chi connectivity index (χ0n) is 16.1. The molecule has 150 valence electrons. The summed E-state index contributed by atoms with van der Waals surface area (Å²) in [5, 5.41) is 20.3. The summed E-state index contributed by atoms with van der Waals surface area (Å²) in [5.41, 5.74) is 2.19. The molecule has 2 aromatic carbocycles. The summed E-state index contributed by atoms with van der Waals surface area (Å²) >= 11 is 0. The molecule has 1 fully saturated rings. The van der Waals surface area contributed by atoms with Crippen LogP contribution in [-0.4, -0.2) is 28.4 Å². The first-order valence-electron chi connectivity index (χ1n) is 9.82. The molecule has 2 aliphatic heterocycles. The number of ether oxygens (including phenoxy) is 2. The van der Waals surface area contributed by atoms with Gasteiger partial charge in [0.05, 0.1) is 12.2 Å². The molecular formula is C24H24O5. The van der Waals surface area contributed by atoms with Crippen molar-refractivity contribution in [3.8, 4) is 11.5 Å². The molecule has 2 heterocycles. The normalized spacial score (nSPS) is 25.9. The van der Waals surface area contributed by atoms with Crippen LogP contribution in [0.3, 0.4) is 0 Å². The van der Waals surface area contributed by atoms with E-state index >= 15 is 0 Å². The van der Waals surface area contributed by atoms with E-state index in [0.29, 0.717) is 18.4 Å². The zero-order valence-corrected chi connectivity index (χ0v) is 16.1. The fraction of sp³-hybridized carbons (Fsp3) is 0.292. The number of rotatable bonds is 1. The summed E-state index contributed by atoms with van der Waals surface area (Å²) in [5.74, 6) is -1.04. The molecule has 0 aliphatic carbocycles. The van der Waals surface area contributed by atoms with E-state index in [1.165, 1.54) is 6.07 Å². The molecule has 0 bridgehead atoms. The minimum Gasteiger partial charge on any atom is -0.508 e. The van der Waals surface area contributed by atoms with Gasteiger partial charge in [0.1, 0.15) is 23.2 Å². The third-order valence-electron chi connectivity index (χ3n) is 5.33. The molecule has 0 amide bonds. The first-order chi connectivity index (χ1) is 14.0. The highest BCUT2D eigenvalue weighted by Gasteiger charge is 2.41. The average Bonchev–Trinajstić information content (AvgIpc) is 3.42. The highest BCUT2D eigenvalue weighted by Crippen LogP contribution is 2.38. The maximum absolute atomic E-state index is 13.1. The van der Waals surface area contributed by atoms with Crippen molar-refractivity contribution in [1.29, 1.82) is 0 Å². The lowest BCUT2D eigenvalue weighted by Crippen LogP contribution is -2.16. The average molecular weight is 392 g/mol. The summed E-state index contributed by atoms with van der Waals surface area (Å²) in [6, 6.07) is 12.2. The summed E-state index contributed by atoms with van der Waals surface area (Å²) in [7, 11) is 0. The fourth-order valence-electron chi connectivity index (χ4n) is 3.82. The van der Waals surface area contributed by atoms with Gasteiger partial charge >= 0.3 is 5.97 Å². The molecule has 0 spiro atoms. The number of fused-ring (bicyclic) bond motifs is 2. The van der Waals surface area contributed by atoms with Crippen LogP contribution in [0.5, 0.6) is 11.5 Å². The maximum atomic E-state index is 13.1. The van der Waals surface area contributed by atoms with E-state index < -0.39 is 12.1 Å². The van der Waals surface area contributed by atoms with Crippen LogP contribution < -0.4 is 0 Å². The Hall–Kier alpha value is -3.05. The molecule has 2 N–H and O–H groups in total. The van der Waals surface area contributed by atoms with Gasteiger partial charge in [-0.15, -0.1) is 0 Å². The number of carbonyl (C=O) groups is 1. The molecule has 0 radical (unpaired) electrons. The van der Waals surface area contributed by atoms with E-state index in [2.05, 4.69) is 6.58 Å². The number of phenolic OH excluding ortho intramolecular Hbond substituents is 2. The molecule has 2 aliphatic rings. The molecule has 0 saturated carbocycles. The van der Waals surface area contributed by atoms with Crippen LogP contribution in [0, 0.1) is 0 Å². The van der Waals surface area contributed by atoms with Crippen molar-refractivity contribution in [2.24, 2.45) is 0 Å². The summed E-state index contributed by atoms with van der Waals surface area (Å²) < 4.78 is 11.6. The Morgan fingerprint density at radius 1 is 1.07 bits per heavy atom. The van der Waals surface area contributed by atoms with E-state index in [4.69, 9.17) is 9.47 Å². The molecule has 2 aromatic rings. The SMILES string of the molecule is C=C1/C=C/CCC2OC2CC(c2ccccc2)OC(=O)c2c(O)cc(O)cc2C1. The van der Waals surface area contributed by atoms with E-state index in [-0.39, 0.29) is 29.3 Å². The number of epoxide rings is 1. The Morgan fingerprint density at radius 2 is 1.86 bits per heavy atom. The zero-order chi connectivity index (χ0) is 20.4. The third kappa shape index (κ3) is 4.51. The van der Waals surface area contributed by atoms with Gasteiger partial charge in [0.15, 0.2) is 0 Å². The third-order valence-corrected chi connectivity index (χ3v) is 5.33. The molecule has 3 unspecified atom stereocenters. The minimum absolute atomic E-state index is 0.0421. The number of cyclic esters (lactones) is 1. The largest absolute Gasteiger partial charge is 0.508 e. The molecule has 5 nitrogen and oxygen atoms in total. The predicted molar refractivity (Wildman–Crippen MR) is 109 cm³/mol. The molecule has 1 saturated heterocycles. The van der Waals surface area contributed by atoms with Gasteiger partial charge in [-0.25, -0.2) is 4.79 Å². The quantitative estimate of drug-likeness (QED) is 0.548. The highest BCUT2D eigenvalue weighted by molar-refractivity contribution is 5.94. The second-order valence-electron chi connectivity index (χ2n) is 7.57. The van der Waals surface area contributed by atoms with Gasteiger partial charge < -0.3 is 19.7 Å². The van der Waals surface area contributed by atoms with Crippen LogP contribution >= 0.6 is 0 Å². The van der Waals surface area contributed by atoms with Crippen LogP contribution in [-0.2, 0) is 15.9 Å². The van der Waals surface area contributed by atoms with Crippen LogP contribution in [0.15, 0.2) is 66.8 Å². The molecular weight excluding hydrogens is 368 g/mol. The molecule has 4 rings (SSSR count). The molecule has 0 aromatic heterocycles. The Kier molecular flexibility index (Phi) is 5.41. The van der Waals surface area contributed by atoms with Crippen LogP contribution in [0.1, 0.15) is 46.9 Å². The lowest BCUT2D eigenvalue weighted by Gasteiger charge is -2.20. The van der Waals surface area contributed by atoms with Crippen LogP contribution in [0.4, 0.5) is 0 Å². The Bertz CT molecular complexity index is 947. The van der Waals surface area contributed by atoms with Gasteiger partial charge in [-0.05, 0) is 36.5 Å². The van der Waals surface area contributed by atoms with Crippen LogP contribution in [0.2, 0.25) is 0 Å². The number of hydrogen-bond donors (Lipinski definition) is 2. The molecule has 5 heteroatoms. The van der Waals surface area contributed by atoms with Gasteiger partial charge in [0.25, 0.3) is 0 Å². The number of allylic oxidation sites excluding steroid dienone is 3. The predicted octanol–water partition coefficient (Wildman–Crippen LogP) is 4.60. The second kappa shape index (κ2) is 8.13. The topological polar surface area (TPSA) is 79.3 Å². The first kappa shape index (κ1) is 19.3. The van der Waals surface area contributed by atoms with E-state index in [1.54, 1.807) is 0 Å². The minimum atomic E-state index is -0.627. The number of benzene rings is 2. The van der Waals surface area contributed by atoms with Crippen LogP contribution in [0.25, 0.3) is 0 Å². The Balaban J connectivity index is 1.71. The summed E-state index contributed by atoms with van der Waals surface area (Å²) in [6.07, 6.45) is 6.33. The number of esters is 1. The van der Waals surface area contributed by atoms with Gasteiger partial charge in [-0.2, -0.15) is 0 Å². The van der Waals surface area contributed by atoms with Gasteiger partial charge in [-0.3, -0.25) is 0 Å². The smallest absolute Gasteiger partial charge is 0.342 e. The second-order valence-corrected chi connectivity index (χ2v) is 7.57. The van der Waals surface area contributed by atoms with E-state index in [1.807, 2.05) is 42.5 Å². The number of phenols is 2. The number of carbonyl (C=O) groups excluding carboxylic acids is 1. The molecule has 3 atom stereocenters. The standard InChI is InChI=1S/C24H24O5/c1-15-7-5-6-10-20-22(28-20)14-21(16-8-3-2-4-9-16)29-24(27)23-17(11-15)12-18(25)13-19(23)26/h2-5,7-9,12-13,20-22,25-26H,1,6,10-11,14H2/b7-5+.